The molecule has 0 aliphatic carbocycles. The second-order valence-electron chi connectivity index (χ2n) is 12.0. The first-order valence-electron chi connectivity index (χ1n) is 14.5. The third-order valence-electron chi connectivity index (χ3n) is 8.40. The molecular formula is C35H38F3N3O2. The highest BCUT2D eigenvalue weighted by atomic mass is 19.4. The molecule has 0 fully saturated rings. The minimum Gasteiger partial charge on any atom is -0.464 e. The Balaban J connectivity index is 1.38. The van der Waals surface area contributed by atoms with E-state index in [1.54, 1.807) is 12.3 Å². The SMILES string of the molecule is Cc1cc2occ(CN(C)CC(C(C)C)N(C)Cc3cn(-c4cccc(C(F)(F)F)c4)c4ccccc34)c(=O)c2cc1C. The van der Waals surface area contributed by atoms with Gasteiger partial charge in [0.15, 0.2) is 5.43 Å². The number of hydrogen-bond donors (Lipinski definition) is 0. The Morgan fingerprint density at radius 1 is 0.884 bits per heavy atom. The van der Waals surface area contributed by atoms with Gasteiger partial charge >= 0.3 is 6.18 Å². The van der Waals surface area contributed by atoms with Crippen molar-refractivity contribution in [1.29, 1.82) is 0 Å². The van der Waals surface area contributed by atoms with E-state index in [4.69, 9.17) is 4.42 Å². The number of aryl methyl sites for hydroxylation is 2. The predicted octanol–water partition coefficient (Wildman–Crippen LogP) is 7.96. The summed E-state index contributed by atoms with van der Waals surface area (Å²) in [4.78, 5) is 17.7. The quantitative estimate of drug-likeness (QED) is 0.175. The van der Waals surface area contributed by atoms with Crippen LogP contribution in [0.3, 0.4) is 0 Å². The lowest BCUT2D eigenvalue weighted by Crippen LogP contribution is -2.44. The molecule has 0 aliphatic rings. The van der Waals surface area contributed by atoms with Gasteiger partial charge in [-0.15, -0.1) is 0 Å². The molecule has 0 saturated heterocycles. The zero-order chi connectivity index (χ0) is 31.1. The molecule has 0 spiro atoms. The van der Waals surface area contributed by atoms with Crippen molar-refractivity contribution in [2.75, 3.05) is 20.6 Å². The first-order chi connectivity index (χ1) is 20.3. The van der Waals surface area contributed by atoms with Crippen LogP contribution in [-0.4, -0.2) is 41.0 Å². The number of para-hydroxylation sites is 1. The van der Waals surface area contributed by atoms with Crippen molar-refractivity contribution < 1.29 is 17.6 Å². The van der Waals surface area contributed by atoms with Crippen LogP contribution in [0, 0.1) is 19.8 Å². The van der Waals surface area contributed by atoms with Crippen molar-refractivity contribution >= 4 is 21.9 Å². The van der Waals surface area contributed by atoms with Gasteiger partial charge in [-0.3, -0.25) is 9.69 Å². The Morgan fingerprint density at radius 3 is 2.33 bits per heavy atom. The lowest BCUT2D eigenvalue weighted by molar-refractivity contribution is -0.137. The molecule has 2 heterocycles. The minimum absolute atomic E-state index is 0.00643. The average molecular weight is 590 g/mol. The van der Waals surface area contributed by atoms with Crippen LogP contribution in [0.2, 0.25) is 0 Å². The molecule has 5 nitrogen and oxygen atoms in total. The maximum absolute atomic E-state index is 13.5. The topological polar surface area (TPSA) is 41.6 Å². The van der Waals surface area contributed by atoms with Crippen molar-refractivity contribution in [2.24, 2.45) is 5.92 Å². The molecule has 0 saturated carbocycles. The van der Waals surface area contributed by atoms with E-state index in [0.717, 1.165) is 33.7 Å². The molecule has 0 aliphatic heterocycles. The summed E-state index contributed by atoms with van der Waals surface area (Å²) >= 11 is 0. The van der Waals surface area contributed by atoms with Crippen LogP contribution in [0.25, 0.3) is 27.6 Å². The summed E-state index contributed by atoms with van der Waals surface area (Å²) in [5, 5.41) is 1.60. The molecule has 1 unspecified atom stereocenters. The molecule has 0 bridgehead atoms. The summed E-state index contributed by atoms with van der Waals surface area (Å²) < 4.78 is 48.1. The molecule has 0 N–H and O–H groups in total. The Bertz CT molecular complexity index is 1820. The Hall–Kier alpha value is -3.88. The van der Waals surface area contributed by atoms with Gasteiger partial charge in [0.05, 0.1) is 22.7 Å². The summed E-state index contributed by atoms with van der Waals surface area (Å²) in [5.74, 6) is 0.308. The summed E-state index contributed by atoms with van der Waals surface area (Å²) in [7, 11) is 4.08. The fourth-order valence-corrected chi connectivity index (χ4v) is 5.88. The van der Waals surface area contributed by atoms with Gasteiger partial charge in [-0.1, -0.05) is 38.1 Å². The van der Waals surface area contributed by atoms with Crippen molar-refractivity contribution in [3.8, 4) is 5.69 Å². The van der Waals surface area contributed by atoms with Crippen molar-refractivity contribution in [3.63, 3.8) is 0 Å². The molecule has 8 heteroatoms. The molecule has 43 heavy (non-hydrogen) atoms. The van der Waals surface area contributed by atoms with E-state index in [0.29, 0.717) is 47.8 Å². The molecule has 226 valence electrons. The van der Waals surface area contributed by atoms with Crippen LogP contribution in [0.1, 0.15) is 41.7 Å². The van der Waals surface area contributed by atoms with Crippen molar-refractivity contribution in [2.45, 2.75) is 53.0 Å². The summed E-state index contributed by atoms with van der Waals surface area (Å²) in [5.41, 5.74) is 5.04. The van der Waals surface area contributed by atoms with E-state index in [-0.39, 0.29) is 11.5 Å². The Labute approximate surface area is 250 Å². The highest BCUT2D eigenvalue weighted by Gasteiger charge is 2.31. The average Bonchev–Trinajstić information content (AvgIpc) is 3.32. The lowest BCUT2D eigenvalue weighted by atomic mass is 10.0. The van der Waals surface area contributed by atoms with E-state index >= 15 is 0 Å². The van der Waals surface area contributed by atoms with Gasteiger partial charge in [0, 0.05) is 48.5 Å². The van der Waals surface area contributed by atoms with Gasteiger partial charge in [-0.25, -0.2) is 0 Å². The third-order valence-corrected chi connectivity index (χ3v) is 8.40. The standard InChI is InChI=1S/C35H38F3N3O2/c1-22(2)32(20-39(5)17-26-21-43-33-15-24(4)23(3)14-30(33)34(26)42)40(6)18-25-19-41(31-13-8-7-12-29(25)31)28-11-9-10-27(16-28)35(36,37)38/h7-16,19,21-22,32H,17-18,20H2,1-6H3. The van der Waals surface area contributed by atoms with Crippen LogP contribution < -0.4 is 5.43 Å². The smallest absolute Gasteiger partial charge is 0.416 e. The number of fused-ring (bicyclic) bond motifs is 2. The molecule has 5 rings (SSSR count). The van der Waals surface area contributed by atoms with E-state index in [1.165, 1.54) is 12.1 Å². The van der Waals surface area contributed by atoms with Gasteiger partial charge in [0.25, 0.3) is 0 Å². The number of aromatic nitrogens is 1. The molecule has 1 atom stereocenters. The molecule has 3 aromatic carbocycles. The second kappa shape index (κ2) is 12.0. The highest BCUT2D eigenvalue weighted by Crippen LogP contribution is 2.32. The highest BCUT2D eigenvalue weighted by molar-refractivity contribution is 5.85. The van der Waals surface area contributed by atoms with Crippen molar-refractivity contribution in [1.82, 2.24) is 14.4 Å². The first kappa shape index (κ1) is 30.6. The fourth-order valence-electron chi connectivity index (χ4n) is 5.88. The van der Waals surface area contributed by atoms with E-state index < -0.39 is 11.7 Å². The first-order valence-corrected chi connectivity index (χ1v) is 14.5. The van der Waals surface area contributed by atoms with E-state index in [9.17, 15) is 18.0 Å². The molecule has 0 amide bonds. The van der Waals surface area contributed by atoms with E-state index in [1.807, 2.05) is 68.1 Å². The third kappa shape index (κ3) is 6.40. The Morgan fingerprint density at radius 2 is 1.60 bits per heavy atom. The largest absolute Gasteiger partial charge is 0.464 e. The van der Waals surface area contributed by atoms with Gasteiger partial charge in [0.2, 0.25) is 0 Å². The van der Waals surface area contributed by atoms with Gasteiger partial charge < -0.3 is 13.9 Å². The fraction of sp³-hybridized carbons (Fsp3) is 0.343. The summed E-state index contributed by atoms with van der Waals surface area (Å²) in [6, 6.07) is 17.2. The van der Waals surface area contributed by atoms with Crippen LogP contribution >= 0.6 is 0 Å². The number of rotatable bonds is 9. The molecule has 5 aromatic rings. The monoisotopic (exact) mass is 589 g/mol. The minimum atomic E-state index is -4.41. The number of nitrogens with zero attached hydrogens (tertiary/aromatic N) is 3. The van der Waals surface area contributed by atoms with E-state index in [2.05, 4.69) is 30.7 Å². The van der Waals surface area contributed by atoms with Crippen molar-refractivity contribution in [3.05, 3.63) is 111 Å². The van der Waals surface area contributed by atoms with Crippen LogP contribution in [0.4, 0.5) is 13.2 Å². The van der Waals surface area contributed by atoms with Gasteiger partial charge in [0.1, 0.15) is 5.58 Å². The maximum Gasteiger partial charge on any atom is 0.416 e. The van der Waals surface area contributed by atoms with Gasteiger partial charge in [-0.05, 0) is 86.9 Å². The van der Waals surface area contributed by atoms with Crippen LogP contribution in [0.15, 0.2) is 82.3 Å². The second-order valence-corrected chi connectivity index (χ2v) is 12.0. The normalized spacial score (nSPS) is 13.2. The maximum atomic E-state index is 13.5. The molecular weight excluding hydrogens is 551 g/mol. The van der Waals surface area contributed by atoms with Gasteiger partial charge in [-0.2, -0.15) is 13.2 Å². The number of halogens is 3. The summed E-state index contributed by atoms with van der Waals surface area (Å²) in [6.07, 6.45) is -0.890. The zero-order valence-corrected chi connectivity index (χ0v) is 25.5. The molecule has 2 aromatic heterocycles. The number of benzene rings is 3. The van der Waals surface area contributed by atoms with Crippen LogP contribution in [-0.2, 0) is 19.3 Å². The lowest BCUT2D eigenvalue weighted by Gasteiger charge is -2.34. The predicted molar refractivity (Wildman–Crippen MR) is 167 cm³/mol. The zero-order valence-electron chi connectivity index (χ0n) is 25.5. The summed E-state index contributed by atoms with van der Waals surface area (Å²) in [6.45, 7) is 10.1. The number of alkyl halides is 3. The molecule has 0 radical (unpaired) electrons. The Kier molecular flexibility index (Phi) is 8.54. The number of hydrogen-bond acceptors (Lipinski definition) is 4. The number of likely N-dealkylation sites (N-methyl/N-ethyl adjacent to an activating group) is 2. The van der Waals surface area contributed by atoms with Crippen LogP contribution in [0.5, 0.6) is 0 Å².